The summed E-state index contributed by atoms with van der Waals surface area (Å²) in [4.78, 5) is 6.36. The SMILES string of the molecule is CCNc1cc(N)nc(C(F)(F)F)n1. The van der Waals surface area contributed by atoms with E-state index in [1.54, 1.807) is 6.92 Å². The zero-order chi connectivity index (χ0) is 10.8. The van der Waals surface area contributed by atoms with E-state index in [1.165, 1.54) is 6.07 Å². The molecule has 0 aliphatic carbocycles. The molecule has 1 heterocycles. The van der Waals surface area contributed by atoms with Crippen LogP contribution in [0.15, 0.2) is 6.07 Å². The third-order valence-corrected chi connectivity index (χ3v) is 1.36. The standard InChI is InChI=1S/C7H9F3N4/c1-2-12-5-3-4(11)13-6(14-5)7(8,9)10/h3H,2H2,1H3,(H3,11,12,13,14). The van der Waals surface area contributed by atoms with Gasteiger partial charge in [-0.05, 0) is 6.92 Å². The van der Waals surface area contributed by atoms with Crippen LogP contribution < -0.4 is 11.1 Å². The highest BCUT2D eigenvalue weighted by atomic mass is 19.4. The molecule has 0 bridgehead atoms. The Hall–Kier alpha value is -1.53. The highest BCUT2D eigenvalue weighted by Crippen LogP contribution is 2.27. The number of aromatic nitrogens is 2. The van der Waals surface area contributed by atoms with E-state index < -0.39 is 12.0 Å². The van der Waals surface area contributed by atoms with Crippen molar-refractivity contribution in [3.63, 3.8) is 0 Å². The molecule has 1 aromatic rings. The van der Waals surface area contributed by atoms with Crippen molar-refractivity contribution in [3.8, 4) is 0 Å². The Morgan fingerprint density at radius 3 is 2.57 bits per heavy atom. The number of nitrogens with zero attached hydrogens (tertiary/aromatic N) is 2. The Kier molecular flexibility index (Phi) is 2.78. The van der Waals surface area contributed by atoms with E-state index in [4.69, 9.17) is 5.73 Å². The second-order valence-corrected chi connectivity index (χ2v) is 2.53. The molecule has 0 atom stereocenters. The molecule has 0 saturated heterocycles. The molecule has 1 rings (SSSR count). The topological polar surface area (TPSA) is 63.8 Å². The van der Waals surface area contributed by atoms with Crippen LogP contribution in [0.4, 0.5) is 24.8 Å². The van der Waals surface area contributed by atoms with Gasteiger partial charge in [-0.3, -0.25) is 0 Å². The summed E-state index contributed by atoms with van der Waals surface area (Å²) in [5.74, 6) is -1.36. The maximum atomic E-state index is 12.2. The lowest BCUT2D eigenvalue weighted by Gasteiger charge is -2.08. The van der Waals surface area contributed by atoms with Crippen LogP contribution in [0.25, 0.3) is 0 Å². The molecule has 0 aliphatic rings. The van der Waals surface area contributed by atoms with Gasteiger partial charge in [0, 0.05) is 12.6 Å². The zero-order valence-electron chi connectivity index (χ0n) is 7.39. The predicted molar refractivity (Wildman–Crippen MR) is 45.6 cm³/mol. The summed E-state index contributed by atoms with van der Waals surface area (Å²) in [6.07, 6.45) is -4.57. The second kappa shape index (κ2) is 3.69. The number of nitrogen functional groups attached to an aromatic ring is 1. The largest absolute Gasteiger partial charge is 0.451 e. The van der Waals surface area contributed by atoms with Gasteiger partial charge >= 0.3 is 6.18 Å². The molecule has 0 saturated carbocycles. The van der Waals surface area contributed by atoms with Gasteiger partial charge in [0.25, 0.3) is 0 Å². The first-order valence-corrected chi connectivity index (χ1v) is 3.89. The van der Waals surface area contributed by atoms with Crippen molar-refractivity contribution in [2.45, 2.75) is 13.1 Å². The first kappa shape index (κ1) is 10.6. The summed E-state index contributed by atoms with van der Waals surface area (Å²) in [5.41, 5.74) is 5.20. The fourth-order valence-corrected chi connectivity index (χ4v) is 0.864. The van der Waals surface area contributed by atoms with Crippen LogP contribution in [0.3, 0.4) is 0 Å². The smallest absolute Gasteiger partial charge is 0.384 e. The van der Waals surface area contributed by atoms with Gasteiger partial charge in [-0.2, -0.15) is 13.2 Å². The summed E-state index contributed by atoms with van der Waals surface area (Å²) in [7, 11) is 0. The van der Waals surface area contributed by atoms with Gasteiger partial charge in [0.05, 0.1) is 0 Å². The van der Waals surface area contributed by atoms with E-state index in [2.05, 4.69) is 15.3 Å². The Balaban J connectivity index is 3.07. The monoisotopic (exact) mass is 206 g/mol. The number of alkyl halides is 3. The Morgan fingerprint density at radius 2 is 2.07 bits per heavy atom. The minimum absolute atomic E-state index is 0.0762. The van der Waals surface area contributed by atoms with Crippen molar-refractivity contribution in [1.29, 1.82) is 0 Å². The molecule has 0 radical (unpaired) electrons. The number of hydrogen-bond donors (Lipinski definition) is 2. The molecule has 1 aromatic heterocycles. The van der Waals surface area contributed by atoms with E-state index >= 15 is 0 Å². The van der Waals surface area contributed by atoms with Crippen molar-refractivity contribution in [2.24, 2.45) is 0 Å². The van der Waals surface area contributed by atoms with Crippen LogP contribution in [0, 0.1) is 0 Å². The number of hydrogen-bond acceptors (Lipinski definition) is 4. The minimum Gasteiger partial charge on any atom is -0.384 e. The van der Waals surface area contributed by atoms with Crippen molar-refractivity contribution >= 4 is 11.6 Å². The second-order valence-electron chi connectivity index (χ2n) is 2.53. The number of nitrogens with one attached hydrogen (secondary N) is 1. The van der Waals surface area contributed by atoms with Crippen molar-refractivity contribution in [1.82, 2.24) is 9.97 Å². The molecule has 3 N–H and O–H groups in total. The van der Waals surface area contributed by atoms with Gasteiger partial charge < -0.3 is 11.1 Å². The molecule has 0 amide bonds. The summed E-state index contributed by atoms with van der Waals surface area (Å²) in [6.45, 7) is 2.21. The van der Waals surface area contributed by atoms with Crippen LogP contribution in [-0.4, -0.2) is 16.5 Å². The first-order valence-electron chi connectivity index (χ1n) is 3.89. The maximum Gasteiger partial charge on any atom is 0.451 e. The first-order chi connectivity index (χ1) is 6.43. The highest BCUT2D eigenvalue weighted by molar-refractivity contribution is 5.44. The number of nitrogens with two attached hydrogens (primary N) is 1. The maximum absolute atomic E-state index is 12.2. The molecule has 4 nitrogen and oxygen atoms in total. The van der Waals surface area contributed by atoms with Gasteiger partial charge in [0.15, 0.2) is 0 Å². The molecule has 0 fully saturated rings. The van der Waals surface area contributed by atoms with Crippen LogP contribution in [-0.2, 0) is 6.18 Å². The average Bonchev–Trinajstić information content (AvgIpc) is 2.02. The van der Waals surface area contributed by atoms with Gasteiger partial charge in [-0.15, -0.1) is 0 Å². The Morgan fingerprint density at radius 1 is 1.43 bits per heavy atom. The lowest BCUT2D eigenvalue weighted by molar-refractivity contribution is -0.144. The number of halogens is 3. The fourth-order valence-electron chi connectivity index (χ4n) is 0.864. The fraction of sp³-hybridized carbons (Fsp3) is 0.429. The van der Waals surface area contributed by atoms with E-state index in [9.17, 15) is 13.2 Å². The molecule has 7 heteroatoms. The molecule has 0 spiro atoms. The highest BCUT2D eigenvalue weighted by Gasteiger charge is 2.35. The average molecular weight is 206 g/mol. The quantitative estimate of drug-likeness (QED) is 0.769. The minimum atomic E-state index is -4.57. The summed E-state index contributed by atoms with van der Waals surface area (Å²) < 4.78 is 36.5. The number of anilines is 2. The predicted octanol–water partition coefficient (Wildman–Crippen LogP) is 1.51. The van der Waals surface area contributed by atoms with Crippen LogP contribution in [0.5, 0.6) is 0 Å². The van der Waals surface area contributed by atoms with E-state index in [-0.39, 0.29) is 11.6 Å². The van der Waals surface area contributed by atoms with E-state index in [0.717, 1.165) is 0 Å². The Bertz CT molecular complexity index is 323. The third kappa shape index (κ3) is 2.48. The normalized spacial score (nSPS) is 11.4. The summed E-state index contributed by atoms with van der Waals surface area (Å²) in [5, 5.41) is 2.63. The molecule has 0 aromatic carbocycles. The molecular weight excluding hydrogens is 197 g/mol. The summed E-state index contributed by atoms with van der Waals surface area (Å²) >= 11 is 0. The van der Waals surface area contributed by atoms with Crippen molar-refractivity contribution < 1.29 is 13.2 Å². The molecule has 0 unspecified atom stereocenters. The van der Waals surface area contributed by atoms with Gasteiger partial charge in [0.1, 0.15) is 11.6 Å². The third-order valence-electron chi connectivity index (χ3n) is 1.36. The zero-order valence-corrected chi connectivity index (χ0v) is 7.39. The van der Waals surface area contributed by atoms with Gasteiger partial charge in [0.2, 0.25) is 5.82 Å². The summed E-state index contributed by atoms with van der Waals surface area (Å²) in [6, 6.07) is 1.25. The lowest BCUT2D eigenvalue weighted by Crippen LogP contribution is -2.14. The van der Waals surface area contributed by atoms with Crippen LogP contribution >= 0.6 is 0 Å². The van der Waals surface area contributed by atoms with E-state index in [0.29, 0.717) is 6.54 Å². The Labute approximate surface area is 78.4 Å². The van der Waals surface area contributed by atoms with Gasteiger partial charge in [-0.25, -0.2) is 9.97 Å². The molecule has 78 valence electrons. The molecule has 0 aliphatic heterocycles. The van der Waals surface area contributed by atoms with E-state index in [1.807, 2.05) is 0 Å². The molecule has 14 heavy (non-hydrogen) atoms. The van der Waals surface area contributed by atoms with Crippen molar-refractivity contribution in [3.05, 3.63) is 11.9 Å². The van der Waals surface area contributed by atoms with Crippen LogP contribution in [0.1, 0.15) is 12.7 Å². The lowest BCUT2D eigenvalue weighted by atomic mass is 10.4. The number of rotatable bonds is 2. The van der Waals surface area contributed by atoms with Crippen LogP contribution in [0.2, 0.25) is 0 Å². The van der Waals surface area contributed by atoms with Crippen molar-refractivity contribution in [2.75, 3.05) is 17.6 Å². The molecular formula is C7H9F3N4. The van der Waals surface area contributed by atoms with Gasteiger partial charge in [-0.1, -0.05) is 0 Å².